The van der Waals surface area contributed by atoms with Crippen LogP contribution in [0.3, 0.4) is 0 Å². The van der Waals surface area contributed by atoms with E-state index in [0.717, 1.165) is 4.90 Å². The molecule has 2 aromatic rings. The normalized spacial score (nSPS) is 17.1. The van der Waals surface area contributed by atoms with Crippen molar-refractivity contribution in [3.8, 4) is 0 Å². The number of aliphatic carboxylic acids is 2. The van der Waals surface area contributed by atoms with Crippen LogP contribution < -0.4 is 15.5 Å². The number of carboxylic acid groups (broad SMARTS) is 3. The van der Waals surface area contributed by atoms with Crippen molar-refractivity contribution in [3.05, 3.63) is 59.7 Å². The predicted octanol–water partition coefficient (Wildman–Crippen LogP) is 3.58. The lowest BCUT2D eigenvalue weighted by Crippen LogP contribution is -2.50. The lowest BCUT2D eigenvalue weighted by Gasteiger charge is -2.27. The largest absolute Gasteiger partial charge is 0.481 e. The molecule has 3 rings (SSSR count). The molecule has 5 N–H and O–H groups in total. The van der Waals surface area contributed by atoms with E-state index in [1.807, 2.05) is 0 Å². The van der Waals surface area contributed by atoms with Crippen molar-refractivity contribution in [3.63, 3.8) is 0 Å². The van der Waals surface area contributed by atoms with Crippen LogP contribution in [0, 0.1) is 11.8 Å². The van der Waals surface area contributed by atoms with Gasteiger partial charge in [0, 0.05) is 18.7 Å². The van der Waals surface area contributed by atoms with Crippen LogP contribution in [-0.4, -0.2) is 69.3 Å². The van der Waals surface area contributed by atoms with Crippen LogP contribution in [-0.2, 0) is 30.3 Å². The van der Waals surface area contributed by atoms with E-state index in [1.165, 1.54) is 48.5 Å². The molecule has 44 heavy (non-hydrogen) atoms. The van der Waals surface area contributed by atoms with Gasteiger partial charge in [-0.25, -0.2) is 14.4 Å². The van der Waals surface area contributed by atoms with Gasteiger partial charge >= 0.3 is 29.9 Å². The zero-order chi connectivity index (χ0) is 32.6. The Morgan fingerprint density at radius 1 is 0.909 bits per heavy atom. The Labute approximate surface area is 254 Å². The molecule has 1 unspecified atom stereocenters. The van der Waals surface area contributed by atoms with Crippen LogP contribution in [0.15, 0.2) is 48.5 Å². The maximum atomic E-state index is 13.2. The van der Waals surface area contributed by atoms with E-state index in [-0.39, 0.29) is 35.2 Å². The standard InChI is InChI=1S/C31H37N3O10/c1-31(2,3)44-30(43)33-23(25(35)32-17-19-8-12-20(13-9-19)27(37)38)16-18-10-14-21(15-11-18)34(26(36)29(41)42)24-7-5-4-6-22(24)28(39)40/h4-7,10-11,14-15,19-20,23H,8-9,12-13,16-17H2,1-3H3,(H,32,35)(H,33,43)(H,37,38)(H,39,40)(H,41,42). The first kappa shape index (κ1) is 33.6. The number of benzene rings is 2. The number of carbonyl (C=O) groups excluding carboxylic acids is 3. The summed E-state index contributed by atoms with van der Waals surface area (Å²) >= 11 is 0. The third-order valence-corrected chi connectivity index (χ3v) is 7.16. The number of ether oxygens (including phenoxy) is 1. The Balaban J connectivity index is 1.81. The third-order valence-electron chi connectivity index (χ3n) is 7.16. The summed E-state index contributed by atoms with van der Waals surface area (Å²) in [6.45, 7) is 5.35. The van der Waals surface area contributed by atoms with Gasteiger partial charge in [-0.15, -0.1) is 0 Å². The molecule has 0 radical (unpaired) electrons. The number of aromatic carboxylic acids is 1. The van der Waals surface area contributed by atoms with E-state index in [4.69, 9.17) is 4.74 Å². The van der Waals surface area contributed by atoms with E-state index >= 15 is 0 Å². The van der Waals surface area contributed by atoms with Gasteiger partial charge in [-0.05, 0) is 82.2 Å². The summed E-state index contributed by atoms with van der Waals surface area (Å²) < 4.78 is 5.33. The zero-order valence-electron chi connectivity index (χ0n) is 24.7. The molecule has 236 valence electrons. The molecule has 1 atom stereocenters. The molecular formula is C31H37N3O10. The zero-order valence-corrected chi connectivity index (χ0v) is 24.7. The number of para-hydroxylation sites is 1. The minimum Gasteiger partial charge on any atom is -0.481 e. The van der Waals surface area contributed by atoms with E-state index in [9.17, 15) is 44.1 Å². The number of anilines is 2. The smallest absolute Gasteiger partial charge is 0.408 e. The summed E-state index contributed by atoms with van der Waals surface area (Å²) in [4.78, 5) is 73.9. The van der Waals surface area contributed by atoms with Crippen LogP contribution in [0.2, 0.25) is 0 Å². The number of amides is 3. The maximum Gasteiger partial charge on any atom is 0.408 e. The quantitative estimate of drug-likeness (QED) is 0.247. The fourth-order valence-corrected chi connectivity index (χ4v) is 4.97. The number of hydrogen-bond donors (Lipinski definition) is 5. The molecule has 1 saturated carbocycles. The Hall–Kier alpha value is -4.94. The molecule has 13 heteroatoms. The summed E-state index contributed by atoms with van der Waals surface area (Å²) in [5.41, 5.74) is -0.613. The summed E-state index contributed by atoms with van der Waals surface area (Å²) in [7, 11) is 0. The highest BCUT2D eigenvalue weighted by atomic mass is 16.6. The van der Waals surface area contributed by atoms with Crippen molar-refractivity contribution < 1.29 is 48.8 Å². The topological polar surface area (TPSA) is 200 Å². The van der Waals surface area contributed by atoms with Gasteiger partial charge in [-0.3, -0.25) is 19.3 Å². The molecule has 1 aliphatic rings. The van der Waals surface area contributed by atoms with Gasteiger partial charge in [-0.2, -0.15) is 0 Å². The second-order valence-electron chi connectivity index (χ2n) is 11.6. The highest BCUT2D eigenvalue weighted by Gasteiger charge is 2.30. The Morgan fingerprint density at radius 2 is 1.52 bits per heavy atom. The molecule has 13 nitrogen and oxygen atoms in total. The average molecular weight is 612 g/mol. The number of carboxylic acids is 3. The molecule has 1 aliphatic carbocycles. The second-order valence-corrected chi connectivity index (χ2v) is 11.6. The van der Waals surface area contributed by atoms with Crippen molar-refractivity contribution in [2.24, 2.45) is 11.8 Å². The second kappa shape index (κ2) is 14.5. The summed E-state index contributed by atoms with van der Waals surface area (Å²) in [6, 6.07) is 10.3. The molecule has 0 heterocycles. The molecule has 0 bridgehead atoms. The lowest BCUT2D eigenvalue weighted by atomic mass is 9.82. The first-order valence-corrected chi connectivity index (χ1v) is 14.1. The SMILES string of the molecule is CC(C)(C)OC(=O)NC(Cc1ccc(N(C(=O)C(=O)O)c2ccccc2C(=O)O)cc1)C(=O)NCC1CCC(C(=O)O)CC1. The van der Waals surface area contributed by atoms with Crippen molar-refractivity contribution in [2.45, 2.75) is 64.5 Å². The number of hydrogen-bond acceptors (Lipinski definition) is 7. The molecule has 0 aromatic heterocycles. The fraction of sp³-hybridized carbons (Fsp3) is 0.419. The number of nitrogens with one attached hydrogen (secondary N) is 2. The Morgan fingerprint density at radius 3 is 2.07 bits per heavy atom. The van der Waals surface area contributed by atoms with Gasteiger partial charge in [0.05, 0.1) is 17.2 Å². The number of rotatable bonds is 10. The van der Waals surface area contributed by atoms with Crippen molar-refractivity contribution in [1.82, 2.24) is 10.6 Å². The van der Waals surface area contributed by atoms with Crippen molar-refractivity contribution in [2.75, 3.05) is 11.4 Å². The van der Waals surface area contributed by atoms with Crippen molar-refractivity contribution >= 4 is 47.2 Å². The van der Waals surface area contributed by atoms with E-state index in [2.05, 4.69) is 10.6 Å². The minimum atomic E-state index is -1.79. The third kappa shape index (κ3) is 9.28. The summed E-state index contributed by atoms with van der Waals surface area (Å²) in [6.07, 6.45) is 1.56. The van der Waals surface area contributed by atoms with E-state index in [0.29, 0.717) is 37.8 Å². The van der Waals surface area contributed by atoms with Gasteiger partial charge < -0.3 is 30.7 Å². The minimum absolute atomic E-state index is 0.00962. The predicted molar refractivity (Wildman–Crippen MR) is 158 cm³/mol. The Bertz CT molecular complexity index is 1390. The monoisotopic (exact) mass is 611 g/mol. The van der Waals surface area contributed by atoms with Crippen LogP contribution in [0.25, 0.3) is 0 Å². The number of alkyl carbamates (subject to hydrolysis) is 1. The van der Waals surface area contributed by atoms with Crippen LogP contribution >= 0.6 is 0 Å². The van der Waals surface area contributed by atoms with Crippen LogP contribution in [0.5, 0.6) is 0 Å². The molecule has 0 spiro atoms. The van der Waals surface area contributed by atoms with Gasteiger partial charge in [-0.1, -0.05) is 24.3 Å². The number of nitrogens with zero attached hydrogens (tertiary/aromatic N) is 1. The molecule has 0 aliphatic heterocycles. The summed E-state index contributed by atoms with van der Waals surface area (Å²) in [5, 5.41) is 33.7. The highest BCUT2D eigenvalue weighted by Crippen LogP contribution is 2.30. The van der Waals surface area contributed by atoms with Crippen LogP contribution in [0.4, 0.5) is 16.2 Å². The molecule has 0 saturated heterocycles. The lowest BCUT2D eigenvalue weighted by molar-refractivity contribution is -0.148. The van der Waals surface area contributed by atoms with E-state index < -0.39 is 47.5 Å². The fourth-order valence-electron chi connectivity index (χ4n) is 4.97. The first-order chi connectivity index (χ1) is 20.7. The maximum absolute atomic E-state index is 13.2. The van der Waals surface area contributed by atoms with Crippen LogP contribution in [0.1, 0.15) is 62.4 Å². The van der Waals surface area contributed by atoms with Gasteiger partial charge in [0.2, 0.25) is 5.91 Å². The molecule has 3 amide bonds. The first-order valence-electron chi connectivity index (χ1n) is 14.1. The van der Waals surface area contributed by atoms with E-state index in [1.54, 1.807) is 20.8 Å². The van der Waals surface area contributed by atoms with Crippen molar-refractivity contribution in [1.29, 1.82) is 0 Å². The average Bonchev–Trinajstić information content (AvgIpc) is 2.95. The number of carbonyl (C=O) groups is 6. The Kier molecular flexibility index (Phi) is 11.1. The van der Waals surface area contributed by atoms with Gasteiger partial charge in [0.25, 0.3) is 0 Å². The molecule has 2 aromatic carbocycles. The van der Waals surface area contributed by atoms with Gasteiger partial charge in [0.15, 0.2) is 0 Å². The molecule has 1 fully saturated rings. The highest BCUT2D eigenvalue weighted by molar-refractivity contribution is 6.39. The summed E-state index contributed by atoms with van der Waals surface area (Å²) in [5.74, 6) is -6.08. The van der Waals surface area contributed by atoms with Gasteiger partial charge in [0.1, 0.15) is 11.6 Å². The molecular weight excluding hydrogens is 574 g/mol.